The topological polar surface area (TPSA) is 82.6 Å². The van der Waals surface area contributed by atoms with Crippen molar-refractivity contribution in [3.8, 4) is 0 Å². The molecule has 2 unspecified atom stereocenters. The van der Waals surface area contributed by atoms with E-state index in [-0.39, 0.29) is 36.7 Å². The van der Waals surface area contributed by atoms with E-state index in [1.54, 1.807) is 33.3 Å². The van der Waals surface area contributed by atoms with Gasteiger partial charge in [0.25, 0.3) is 5.91 Å². The molecule has 0 bridgehead atoms. The molecule has 5 rings (SSSR count). The van der Waals surface area contributed by atoms with Crippen LogP contribution in [0.25, 0.3) is 10.2 Å². The maximum atomic E-state index is 13.3. The van der Waals surface area contributed by atoms with E-state index < -0.39 is 5.66 Å². The second kappa shape index (κ2) is 8.26. The third-order valence-electron chi connectivity index (χ3n) is 6.53. The van der Waals surface area contributed by atoms with E-state index in [0.29, 0.717) is 30.5 Å². The van der Waals surface area contributed by atoms with Crippen molar-refractivity contribution in [1.29, 1.82) is 0 Å². The largest absolute Gasteiger partial charge is 0.353 e. The van der Waals surface area contributed by atoms with Crippen molar-refractivity contribution < 1.29 is 14.4 Å². The third kappa shape index (κ3) is 3.78. The van der Waals surface area contributed by atoms with Crippen LogP contribution in [0.5, 0.6) is 0 Å². The molecule has 0 aliphatic carbocycles. The summed E-state index contributed by atoms with van der Waals surface area (Å²) < 4.78 is 1.14. The summed E-state index contributed by atoms with van der Waals surface area (Å²) in [5, 5.41) is 4.02. The molecule has 8 heteroatoms. The van der Waals surface area contributed by atoms with Crippen LogP contribution in [0.1, 0.15) is 48.5 Å². The van der Waals surface area contributed by atoms with Crippen molar-refractivity contribution in [1.82, 2.24) is 15.2 Å². The van der Waals surface area contributed by atoms with Crippen molar-refractivity contribution in [3.63, 3.8) is 0 Å². The van der Waals surface area contributed by atoms with Crippen molar-refractivity contribution in [2.24, 2.45) is 0 Å². The lowest BCUT2D eigenvalue weighted by atomic mass is 9.98. The Morgan fingerprint density at radius 3 is 2.76 bits per heavy atom. The predicted octanol–water partition coefficient (Wildman–Crippen LogP) is 3.73. The van der Waals surface area contributed by atoms with Crippen LogP contribution in [-0.4, -0.2) is 45.9 Å². The van der Waals surface area contributed by atoms with Gasteiger partial charge < -0.3 is 10.2 Å². The standard InChI is InChI=1S/C25H26N4O3S/c1-16(15-22-27-18-8-4-6-10-20(18)33-22)26-21(30)12-14-28-24(32)17-7-3-5-9-19(17)29-23(31)11-13-25(28,29)2/h3-10,16H,11-15H2,1-2H3,(H,26,30). The van der Waals surface area contributed by atoms with E-state index in [1.165, 1.54) is 0 Å². The van der Waals surface area contributed by atoms with Crippen LogP contribution in [0.2, 0.25) is 0 Å². The average molecular weight is 463 g/mol. The van der Waals surface area contributed by atoms with Gasteiger partial charge in [0.2, 0.25) is 11.8 Å². The first kappa shape index (κ1) is 21.6. The molecule has 2 aliphatic heterocycles. The van der Waals surface area contributed by atoms with E-state index in [2.05, 4.69) is 10.3 Å². The number of hydrogen-bond acceptors (Lipinski definition) is 5. The smallest absolute Gasteiger partial charge is 0.257 e. The first-order chi connectivity index (χ1) is 15.9. The van der Waals surface area contributed by atoms with Crippen LogP contribution < -0.4 is 10.2 Å². The van der Waals surface area contributed by atoms with Gasteiger partial charge in [-0.05, 0) is 44.5 Å². The molecular weight excluding hydrogens is 436 g/mol. The zero-order valence-corrected chi connectivity index (χ0v) is 19.5. The fourth-order valence-electron chi connectivity index (χ4n) is 4.92. The number of carbonyl (C=O) groups excluding carboxylic acids is 3. The van der Waals surface area contributed by atoms with Crippen LogP contribution in [0.15, 0.2) is 48.5 Å². The summed E-state index contributed by atoms with van der Waals surface area (Å²) in [6.07, 6.45) is 1.78. The van der Waals surface area contributed by atoms with Crippen LogP contribution in [-0.2, 0) is 16.0 Å². The maximum absolute atomic E-state index is 13.3. The van der Waals surface area contributed by atoms with Gasteiger partial charge in [-0.25, -0.2) is 4.98 Å². The summed E-state index contributed by atoms with van der Waals surface area (Å²) in [5.41, 5.74) is 1.41. The van der Waals surface area contributed by atoms with Crippen molar-refractivity contribution in [2.75, 3.05) is 11.4 Å². The van der Waals surface area contributed by atoms with Crippen molar-refractivity contribution in [2.45, 2.75) is 51.2 Å². The van der Waals surface area contributed by atoms with Gasteiger partial charge in [0.1, 0.15) is 5.66 Å². The van der Waals surface area contributed by atoms with Gasteiger partial charge >= 0.3 is 0 Å². The number of para-hydroxylation sites is 2. The Balaban J connectivity index is 1.25. The molecule has 7 nitrogen and oxygen atoms in total. The number of aromatic nitrogens is 1. The Bertz CT molecular complexity index is 1220. The summed E-state index contributed by atoms with van der Waals surface area (Å²) in [7, 11) is 0. The molecule has 170 valence electrons. The van der Waals surface area contributed by atoms with Gasteiger partial charge in [0.15, 0.2) is 0 Å². The van der Waals surface area contributed by atoms with Crippen LogP contribution in [0, 0.1) is 0 Å². The minimum Gasteiger partial charge on any atom is -0.353 e. The quantitative estimate of drug-likeness (QED) is 0.605. The maximum Gasteiger partial charge on any atom is 0.257 e. The molecule has 2 aromatic carbocycles. The Morgan fingerprint density at radius 2 is 1.94 bits per heavy atom. The van der Waals surface area contributed by atoms with Crippen LogP contribution in [0.3, 0.4) is 0 Å². The number of amides is 3. The summed E-state index contributed by atoms with van der Waals surface area (Å²) in [4.78, 5) is 46.7. The first-order valence-electron chi connectivity index (χ1n) is 11.2. The summed E-state index contributed by atoms with van der Waals surface area (Å²) in [6, 6.07) is 15.1. The molecule has 33 heavy (non-hydrogen) atoms. The molecule has 0 radical (unpaired) electrons. The molecule has 1 fully saturated rings. The highest BCUT2D eigenvalue weighted by Crippen LogP contribution is 2.43. The van der Waals surface area contributed by atoms with Crippen molar-refractivity contribution in [3.05, 3.63) is 59.1 Å². The van der Waals surface area contributed by atoms with Gasteiger partial charge in [-0.1, -0.05) is 24.3 Å². The van der Waals surface area contributed by atoms with E-state index in [1.807, 2.05) is 50.2 Å². The summed E-state index contributed by atoms with van der Waals surface area (Å²) in [6.45, 7) is 4.14. The van der Waals surface area contributed by atoms with Gasteiger partial charge in [-0.3, -0.25) is 19.3 Å². The Labute approximate surface area is 196 Å². The number of nitrogens with zero attached hydrogens (tertiary/aromatic N) is 3. The molecule has 3 aromatic rings. The lowest BCUT2D eigenvalue weighted by molar-refractivity contribution is -0.122. The Kier molecular flexibility index (Phi) is 5.40. The Hall–Kier alpha value is -3.26. The first-order valence-corrected chi connectivity index (χ1v) is 12.1. The minimum absolute atomic E-state index is 0.0105. The highest BCUT2D eigenvalue weighted by molar-refractivity contribution is 7.18. The molecule has 1 saturated heterocycles. The number of carbonyl (C=O) groups is 3. The Morgan fingerprint density at radius 1 is 1.18 bits per heavy atom. The van der Waals surface area contributed by atoms with E-state index in [0.717, 1.165) is 15.2 Å². The molecule has 3 heterocycles. The van der Waals surface area contributed by atoms with E-state index in [9.17, 15) is 14.4 Å². The van der Waals surface area contributed by atoms with Gasteiger partial charge in [0.05, 0.1) is 26.5 Å². The van der Waals surface area contributed by atoms with Crippen molar-refractivity contribution >= 4 is 45.0 Å². The minimum atomic E-state index is -0.741. The van der Waals surface area contributed by atoms with E-state index >= 15 is 0 Å². The number of benzene rings is 2. The summed E-state index contributed by atoms with van der Waals surface area (Å²) in [5.74, 6) is -0.236. The number of fused-ring (bicyclic) bond motifs is 4. The van der Waals surface area contributed by atoms with Crippen LogP contribution in [0.4, 0.5) is 5.69 Å². The third-order valence-corrected chi connectivity index (χ3v) is 7.59. The van der Waals surface area contributed by atoms with Gasteiger partial charge in [-0.15, -0.1) is 11.3 Å². The molecule has 1 aromatic heterocycles. The molecule has 1 N–H and O–H groups in total. The predicted molar refractivity (Wildman–Crippen MR) is 128 cm³/mol. The highest BCUT2D eigenvalue weighted by Gasteiger charge is 2.52. The normalized spacial score (nSPS) is 20.7. The number of anilines is 1. The molecule has 0 saturated carbocycles. The number of nitrogens with one attached hydrogen (secondary N) is 1. The summed E-state index contributed by atoms with van der Waals surface area (Å²) >= 11 is 1.64. The second-order valence-electron chi connectivity index (χ2n) is 8.92. The lowest BCUT2D eigenvalue weighted by Crippen LogP contribution is -2.62. The van der Waals surface area contributed by atoms with Gasteiger partial charge in [-0.2, -0.15) is 0 Å². The molecule has 3 amide bonds. The zero-order valence-electron chi connectivity index (χ0n) is 18.7. The van der Waals surface area contributed by atoms with E-state index in [4.69, 9.17) is 0 Å². The zero-order chi connectivity index (χ0) is 23.2. The lowest BCUT2D eigenvalue weighted by Gasteiger charge is -2.48. The molecule has 0 spiro atoms. The molecule has 2 atom stereocenters. The number of hydrogen-bond donors (Lipinski definition) is 1. The fourth-order valence-corrected chi connectivity index (χ4v) is 6.02. The highest BCUT2D eigenvalue weighted by atomic mass is 32.1. The SMILES string of the molecule is CC(Cc1nc2ccccc2s1)NC(=O)CCN1C(=O)c2ccccc2N2C(=O)CCC12C. The monoisotopic (exact) mass is 462 g/mol. The van der Waals surface area contributed by atoms with Crippen LogP contribution >= 0.6 is 11.3 Å². The second-order valence-corrected chi connectivity index (χ2v) is 10.0. The molecule has 2 aliphatic rings. The number of thiazole rings is 1. The molecular formula is C25H26N4O3S. The average Bonchev–Trinajstić information content (AvgIpc) is 3.33. The fraction of sp³-hybridized carbons (Fsp3) is 0.360. The van der Waals surface area contributed by atoms with Gasteiger partial charge in [0, 0.05) is 31.8 Å². The number of rotatable bonds is 6.